The molecule has 3 N–H and O–H groups in total. The van der Waals surface area contributed by atoms with Crippen LogP contribution < -0.4 is 5.73 Å². The van der Waals surface area contributed by atoms with Crippen LogP contribution in [0, 0.1) is 0 Å². The van der Waals surface area contributed by atoms with Crippen molar-refractivity contribution >= 4 is 0 Å². The predicted octanol–water partition coefficient (Wildman–Crippen LogP) is 2.84. The maximum atomic E-state index is 6.21. The number of hydrogen-bond acceptors (Lipinski definition) is 3. The summed E-state index contributed by atoms with van der Waals surface area (Å²) in [7, 11) is 0. The van der Waals surface area contributed by atoms with Gasteiger partial charge in [0, 0.05) is 17.9 Å². The molecule has 18 heavy (non-hydrogen) atoms. The summed E-state index contributed by atoms with van der Waals surface area (Å²) in [5.41, 5.74) is 6.21. The van der Waals surface area contributed by atoms with Crippen LogP contribution in [0.15, 0.2) is 0 Å². The molecule has 1 aromatic rings. The molecule has 0 amide bonds. The van der Waals surface area contributed by atoms with Crippen molar-refractivity contribution in [3.05, 3.63) is 11.6 Å². The van der Waals surface area contributed by atoms with Gasteiger partial charge in [-0.05, 0) is 25.7 Å². The molecule has 2 aliphatic carbocycles. The maximum absolute atomic E-state index is 6.21. The van der Waals surface area contributed by atoms with Gasteiger partial charge in [-0.3, -0.25) is 5.10 Å². The van der Waals surface area contributed by atoms with Crippen molar-refractivity contribution in [1.29, 1.82) is 0 Å². The average molecular weight is 248 g/mol. The fourth-order valence-electron chi connectivity index (χ4n) is 3.50. The normalized spacial score (nSPS) is 30.5. The highest BCUT2D eigenvalue weighted by atomic mass is 15.2. The van der Waals surface area contributed by atoms with Crippen molar-refractivity contribution in [3.63, 3.8) is 0 Å². The van der Waals surface area contributed by atoms with Crippen LogP contribution in [0.4, 0.5) is 0 Å². The molecule has 1 aromatic heterocycles. The first-order chi connectivity index (χ1) is 8.84. The summed E-state index contributed by atoms with van der Waals surface area (Å²) in [5.74, 6) is 3.08. The lowest BCUT2D eigenvalue weighted by molar-refractivity contribution is 0.373. The molecule has 0 saturated heterocycles. The first-order valence-electron chi connectivity index (χ1n) is 7.52. The minimum atomic E-state index is 0.269. The second kappa shape index (κ2) is 5.39. The minimum absolute atomic E-state index is 0.269. The van der Waals surface area contributed by atoms with Crippen LogP contribution in [0.5, 0.6) is 0 Å². The Balaban J connectivity index is 1.71. The Kier molecular flexibility index (Phi) is 3.64. The van der Waals surface area contributed by atoms with E-state index < -0.39 is 0 Å². The summed E-state index contributed by atoms with van der Waals surface area (Å²) < 4.78 is 0. The lowest BCUT2D eigenvalue weighted by Gasteiger charge is -2.26. The van der Waals surface area contributed by atoms with E-state index in [2.05, 4.69) is 10.2 Å². The standard InChI is InChI=1S/C14H24N4/c15-12-9-5-4-8-11(12)14-16-13(17-18-14)10-6-2-1-3-7-10/h10-12H,1-9,15H2,(H,16,17,18). The molecule has 3 rings (SSSR count). The smallest absolute Gasteiger partial charge is 0.153 e. The van der Waals surface area contributed by atoms with E-state index in [0.717, 1.165) is 18.1 Å². The topological polar surface area (TPSA) is 67.6 Å². The molecule has 0 aliphatic heterocycles. The van der Waals surface area contributed by atoms with Gasteiger partial charge in [0.25, 0.3) is 0 Å². The zero-order valence-electron chi connectivity index (χ0n) is 11.1. The average Bonchev–Trinajstić information content (AvgIpc) is 2.90. The van der Waals surface area contributed by atoms with Crippen molar-refractivity contribution in [1.82, 2.24) is 15.2 Å². The molecule has 0 spiro atoms. The lowest BCUT2D eigenvalue weighted by Crippen LogP contribution is -2.32. The summed E-state index contributed by atoms with van der Waals surface area (Å²) in [6.45, 7) is 0. The highest BCUT2D eigenvalue weighted by Crippen LogP contribution is 2.33. The van der Waals surface area contributed by atoms with Crippen LogP contribution in [0.2, 0.25) is 0 Å². The van der Waals surface area contributed by atoms with Gasteiger partial charge in [0.2, 0.25) is 0 Å². The van der Waals surface area contributed by atoms with Gasteiger partial charge in [-0.25, -0.2) is 4.98 Å². The number of H-pyrrole nitrogens is 1. The number of hydrogen-bond donors (Lipinski definition) is 2. The molecule has 4 nitrogen and oxygen atoms in total. The molecule has 1 heterocycles. The zero-order chi connectivity index (χ0) is 12.4. The highest BCUT2D eigenvalue weighted by Gasteiger charge is 2.27. The molecule has 2 fully saturated rings. The largest absolute Gasteiger partial charge is 0.327 e. The van der Waals surface area contributed by atoms with Crippen LogP contribution in [-0.2, 0) is 0 Å². The van der Waals surface area contributed by atoms with Crippen molar-refractivity contribution < 1.29 is 0 Å². The molecule has 2 atom stereocenters. The van der Waals surface area contributed by atoms with Crippen molar-refractivity contribution in [3.8, 4) is 0 Å². The Morgan fingerprint density at radius 1 is 0.944 bits per heavy atom. The minimum Gasteiger partial charge on any atom is -0.327 e. The number of nitrogens with zero attached hydrogens (tertiary/aromatic N) is 2. The van der Waals surface area contributed by atoms with Crippen LogP contribution in [0.25, 0.3) is 0 Å². The maximum Gasteiger partial charge on any atom is 0.153 e. The fraction of sp³-hybridized carbons (Fsp3) is 0.857. The number of rotatable bonds is 2. The Morgan fingerprint density at radius 3 is 2.44 bits per heavy atom. The second-order valence-electron chi connectivity index (χ2n) is 5.97. The highest BCUT2D eigenvalue weighted by molar-refractivity contribution is 5.06. The van der Waals surface area contributed by atoms with E-state index in [4.69, 9.17) is 10.7 Å². The van der Waals surface area contributed by atoms with Crippen LogP contribution >= 0.6 is 0 Å². The van der Waals surface area contributed by atoms with E-state index in [1.807, 2.05) is 0 Å². The van der Waals surface area contributed by atoms with Crippen LogP contribution in [0.1, 0.15) is 81.3 Å². The first-order valence-corrected chi connectivity index (χ1v) is 7.52. The Morgan fingerprint density at radius 2 is 1.67 bits per heavy atom. The molecular weight excluding hydrogens is 224 g/mol. The molecular formula is C14H24N4. The molecule has 0 bridgehead atoms. The number of nitrogens with one attached hydrogen (secondary N) is 1. The monoisotopic (exact) mass is 248 g/mol. The van der Waals surface area contributed by atoms with E-state index >= 15 is 0 Å². The molecule has 4 heteroatoms. The zero-order valence-corrected chi connectivity index (χ0v) is 11.1. The van der Waals surface area contributed by atoms with E-state index in [-0.39, 0.29) is 6.04 Å². The van der Waals surface area contributed by atoms with Crippen LogP contribution in [-0.4, -0.2) is 21.2 Å². The van der Waals surface area contributed by atoms with Crippen LogP contribution in [0.3, 0.4) is 0 Å². The Labute approximate surface area is 109 Å². The number of aromatic nitrogens is 3. The van der Waals surface area contributed by atoms with Crippen molar-refractivity contribution in [2.24, 2.45) is 5.73 Å². The van der Waals surface area contributed by atoms with Gasteiger partial charge in [-0.15, -0.1) is 0 Å². The summed E-state index contributed by atoms with van der Waals surface area (Å²) >= 11 is 0. The molecule has 2 aliphatic rings. The predicted molar refractivity (Wildman–Crippen MR) is 71.4 cm³/mol. The fourth-order valence-corrected chi connectivity index (χ4v) is 3.50. The summed E-state index contributed by atoms with van der Waals surface area (Å²) in [4.78, 5) is 4.76. The van der Waals surface area contributed by atoms with Gasteiger partial charge in [-0.1, -0.05) is 32.1 Å². The summed E-state index contributed by atoms with van der Waals surface area (Å²) in [5, 5.41) is 7.62. The van der Waals surface area contributed by atoms with Crippen molar-refractivity contribution in [2.45, 2.75) is 75.7 Å². The second-order valence-corrected chi connectivity index (χ2v) is 5.97. The first kappa shape index (κ1) is 12.2. The van der Waals surface area contributed by atoms with Gasteiger partial charge in [0.05, 0.1) is 0 Å². The van der Waals surface area contributed by atoms with E-state index in [0.29, 0.717) is 11.8 Å². The van der Waals surface area contributed by atoms with E-state index in [1.165, 1.54) is 51.4 Å². The molecule has 0 radical (unpaired) electrons. The van der Waals surface area contributed by atoms with E-state index in [9.17, 15) is 0 Å². The number of nitrogens with two attached hydrogens (primary N) is 1. The third-order valence-corrected chi connectivity index (χ3v) is 4.66. The summed E-state index contributed by atoms with van der Waals surface area (Å²) in [6.07, 6.45) is 11.4. The van der Waals surface area contributed by atoms with Gasteiger partial charge >= 0.3 is 0 Å². The molecule has 0 aromatic carbocycles. The third kappa shape index (κ3) is 2.44. The summed E-state index contributed by atoms with van der Waals surface area (Å²) in [6, 6.07) is 0.269. The van der Waals surface area contributed by atoms with E-state index in [1.54, 1.807) is 0 Å². The Bertz CT molecular complexity index is 381. The van der Waals surface area contributed by atoms with Crippen molar-refractivity contribution in [2.75, 3.05) is 0 Å². The van der Waals surface area contributed by atoms with Gasteiger partial charge in [0.1, 0.15) is 5.82 Å². The SMILES string of the molecule is NC1CCCCC1c1nc(C2CCCCC2)n[nH]1. The lowest BCUT2D eigenvalue weighted by atomic mass is 9.84. The van der Waals surface area contributed by atoms with Gasteiger partial charge in [0.15, 0.2) is 5.82 Å². The van der Waals surface area contributed by atoms with Gasteiger partial charge < -0.3 is 5.73 Å². The number of aromatic amines is 1. The van der Waals surface area contributed by atoms with Gasteiger partial charge in [-0.2, -0.15) is 5.10 Å². The molecule has 100 valence electrons. The molecule has 2 saturated carbocycles. The quantitative estimate of drug-likeness (QED) is 0.845. The third-order valence-electron chi connectivity index (χ3n) is 4.66. The molecule has 2 unspecified atom stereocenters. The Hall–Kier alpha value is -0.900.